The molecule has 0 aliphatic carbocycles. The number of hydrogen-bond acceptors (Lipinski definition) is 3. The van der Waals surface area contributed by atoms with Gasteiger partial charge in [0.05, 0.1) is 0 Å². The van der Waals surface area contributed by atoms with Crippen molar-refractivity contribution >= 4 is 5.97 Å². The lowest BCUT2D eigenvalue weighted by atomic mass is 9.76. The van der Waals surface area contributed by atoms with Crippen LogP contribution in [0.25, 0.3) is 0 Å². The molecule has 0 radical (unpaired) electrons. The van der Waals surface area contributed by atoms with Crippen LogP contribution in [0.3, 0.4) is 0 Å². The van der Waals surface area contributed by atoms with Crippen LogP contribution in [0.4, 0.5) is 0 Å². The van der Waals surface area contributed by atoms with E-state index in [0.717, 1.165) is 58.4 Å². The van der Waals surface area contributed by atoms with E-state index in [-0.39, 0.29) is 11.5 Å². The Bertz CT molecular complexity index is 562. The van der Waals surface area contributed by atoms with E-state index in [1.807, 2.05) is 0 Å². The van der Waals surface area contributed by atoms with Crippen molar-refractivity contribution in [3.63, 3.8) is 0 Å². The Morgan fingerprint density at radius 2 is 1.92 bits per heavy atom. The predicted octanol–water partition coefficient (Wildman–Crippen LogP) is 3.15. The van der Waals surface area contributed by atoms with E-state index in [0.29, 0.717) is 0 Å². The molecular formula is C20H30N2O2. The standard InChI is InChI=1S/C20H30N2O2/c1-3-10-22-15-20(13-18(22)19(23)24)8-11-21(12-9-20)14-17-6-4-16(2)5-7-17/h4-7,18H,3,8-15H2,1-2H3,(H,23,24). The molecule has 4 heteroatoms. The number of likely N-dealkylation sites (tertiary alicyclic amines) is 2. The first kappa shape index (κ1) is 17.4. The maximum Gasteiger partial charge on any atom is 0.320 e. The lowest BCUT2D eigenvalue weighted by Gasteiger charge is -2.39. The molecule has 2 heterocycles. The second-order valence-electron chi connectivity index (χ2n) is 7.79. The molecule has 1 atom stereocenters. The van der Waals surface area contributed by atoms with Gasteiger partial charge in [-0.2, -0.15) is 0 Å². The van der Waals surface area contributed by atoms with E-state index in [4.69, 9.17) is 0 Å². The zero-order valence-electron chi connectivity index (χ0n) is 15.0. The highest BCUT2D eigenvalue weighted by Crippen LogP contribution is 2.43. The molecule has 132 valence electrons. The van der Waals surface area contributed by atoms with Gasteiger partial charge in [0.1, 0.15) is 6.04 Å². The van der Waals surface area contributed by atoms with Gasteiger partial charge in [-0.3, -0.25) is 14.6 Å². The van der Waals surface area contributed by atoms with Gasteiger partial charge in [-0.05, 0) is 63.2 Å². The van der Waals surface area contributed by atoms with Gasteiger partial charge in [0.25, 0.3) is 0 Å². The van der Waals surface area contributed by atoms with Crippen molar-refractivity contribution in [3.05, 3.63) is 35.4 Å². The first-order chi connectivity index (χ1) is 11.5. The summed E-state index contributed by atoms with van der Waals surface area (Å²) < 4.78 is 0. The SMILES string of the molecule is CCCN1CC2(CCN(Cc3ccc(C)cc3)CC2)CC1C(=O)O. The Hall–Kier alpha value is -1.39. The summed E-state index contributed by atoms with van der Waals surface area (Å²) in [6.45, 7) is 9.31. The molecule has 0 aromatic heterocycles. The van der Waals surface area contributed by atoms with E-state index in [9.17, 15) is 9.90 Å². The average molecular weight is 330 g/mol. The molecule has 24 heavy (non-hydrogen) atoms. The number of carboxylic acids is 1. The van der Waals surface area contributed by atoms with Crippen molar-refractivity contribution in [2.45, 2.75) is 52.1 Å². The van der Waals surface area contributed by atoms with Crippen molar-refractivity contribution in [2.75, 3.05) is 26.2 Å². The molecule has 1 spiro atoms. The molecule has 0 saturated carbocycles. The zero-order chi connectivity index (χ0) is 17.2. The van der Waals surface area contributed by atoms with Gasteiger partial charge in [-0.25, -0.2) is 0 Å². The normalized spacial score (nSPS) is 24.5. The van der Waals surface area contributed by atoms with Crippen LogP contribution in [0, 0.1) is 12.3 Å². The van der Waals surface area contributed by atoms with Crippen LogP contribution < -0.4 is 0 Å². The second-order valence-corrected chi connectivity index (χ2v) is 7.79. The first-order valence-electron chi connectivity index (χ1n) is 9.26. The molecule has 0 bridgehead atoms. The molecule has 2 aliphatic rings. The third-order valence-electron chi connectivity index (χ3n) is 5.85. The Labute approximate surface area is 145 Å². The first-order valence-corrected chi connectivity index (χ1v) is 9.26. The number of benzene rings is 1. The van der Waals surface area contributed by atoms with Crippen LogP contribution in [0.2, 0.25) is 0 Å². The largest absolute Gasteiger partial charge is 0.480 e. The fourth-order valence-corrected chi connectivity index (χ4v) is 4.41. The minimum absolute atomic E-state index is 0.224. The van der Waals surface area contributed by atoms with Gasteiger partial charge in [-0.15, -0.1) is 0 Å². The summed E-state index contributed by atoms with van der Waals surface area (Å²) in [5.41, 5.74) is 2.90. The van der Waals surface area contributed by atoms with Gasteiger partial charge in [0.15, 0.2) is 0 Å². The molecule has 0 amide bonds. The third-order valence-corrected chi connectivity index (χ3v) is 5.85. The zero-order valence-corrected chi connectivity index (χ0v) is 15.0. The highest BCUT2D eigenvalue weighted by atomic mass is 16.4. The maximum absolute atomic E-state index is 11.6. The summed E-state index contributed by atoms with van der Waals surface area (Å²) in [4.78, 5) is 16.3. The predicted molar refractivity (Wildman–Crippen MR) is 96.0 cm³/mol. The molecule has 2 saturated heterocycles. The Balaban J connectivity index is 1.58. The number of rotatable bonds is 5. The molecule has 1 aromatic carbocycles. The molecular weight excluding hydrogens is 300 g/mol. The fraction of sp³-hybridized carbons (Fsp3) is 0.650. The van der Waals surface area contributed by atoms with E-state index in [1.165, 1.54) is 11.1 Å². The second kappa shape index (κ2) is 7.24. The molecule has 2 aliphatic heterocycles. The van der Waals surface area contributed by atoms with E-state index >= 15 is 0 Å². The number of hydrogen-bond donors (Lipinski definition) is 1. The van der Waals surface area contributed by atoms with E-state index < -0.39 is 5.97 Å². The number of piperidine rings is 1. The van der Waals surface area contributed by atoms with Gasteiger partial charge in [0, 0.05) is 13.1 Å². The molecule has 3 rings (SSSR count). The lowest BCUT2D eigenvalue weighted by Crippen LogP contribution is -2.41. The number of aliphatic carboxylic acids is 1. The summed E-state index contributed by atoms with van der Waals surface area (Å²) >= 11 is 0. The van der Waals surface area contributed by atoms with Crippen LogP contribution in [0.5, 0.6) is 0 Å². The highest BCUT2D eigenvalue weighted by molar-refractivity contribution is 5.74. The van der Waals surface area contributed by atoms with Crippen LogP contribution in [0.1, 0.15) is 43.7 Å². The summed E-state index contributed by atoms with van der Waals surface area (Å²) in [6.07, 6.45) is 4.12. The molecule has 1 aromatic rings. The smallest absolute Gasteiger partial charge is 0.320 e. The van der Waals surface area contributed by atoms with Crippen molar-refractivity contribution < 1.29 is 9.90 Å². The third kappa shape index (κ3) is 3.81. The van der Waals surface area contributed by atoms with Gasteiger partial charge >= 0.3 is 5.97 Å². The molecule has 2 fully saturated rings. The molecule has 1 N–H and O–H groups in total. The van der Waals surface area contributed by atoms with Gasteiger partial charge in [-0.1, -0.05) is 36.8 Å². The van der Waals surface area contributed by atoms with Crippen molar-refractivity contribution in [1.82, 2.24) is 9.80 Å². The average Bonchev–Trinajstić information content (AvgIpc) is 2.91. The van der Waals surface area contributed by atoms with Crippen LogP contribution in [-0.4, -0.2) is 53.1 Å². The van der Waals surface area contributed by atoms with Crippen molar-refractivity contribution in [3.8, 4) is 0 Å². The monoisotopic (exact) mass is 330 g/mol. The Morgan fingerprint density at radius 1 is 1.25 bits per heavy atom. The minimum atomic E-state index is -0.637. The molecule has 4 nitrogen and oxygen atoms in total. The lowest BCUT2D eigenvalue weighted by molar-refractivity contribution is -0.142. The van der Waals surface area contributed by atoms with Crippen molar-refractivity contribution in [1.29, 1.82) is 0 Å². The summed E-state index contributed by atoms with van der Waals surface area (Å²) in [7, 11) is 0. The van der Waals surface area contributed by atoms with Crippen LogP contribution in [0.15, 0.2) is 24.3 Å². The van der Waals surface area contributed by atoms with E-state index in [2.05, 4.69) is 47.9 Å². The Morgan fingerprint density at radius 3 is 2.50 bits per heavy atom. The van der Waals surface area contributed by atoms with Crippen LogP contribution in [-0.2, 0) is 11.3 Å². The summed E-state index contributed by atoms with van der Waals surface area (Å²) in [5, 5.41) is 9.54. The van der Waals surface area contributed by atoms with Gasteiger partial charge < -0.3 is 5.11 Å². The molecule has 1 unspecified atom stereocenters. The topological polar surface area (TPSA) is 43.8 Å². The summed E-state index contributed by atoms with van der Waals surface area (Å²) in [6, 6.07) is 8.53. The van der Waals surface area contributed by atoms with Gasteiger partial charge in [0.2, 0.25) is 0 Å². The van der Waals surface area contributed by atoms with Crippen LogP contribution >= 0.6 is 0 Å². The summed E-state index contributed by atoms with van der Waals surface area (Å²) in [5.74, 6) is -0.637. The number of carbonyl (C=O) groups is 1. The number of nitrogens with zero attached hydrogens (tertiary/aromatic N) is 2. The highest BCUT2D eigenvalue weighted by Gasteiger charge is 2.47. The fourth-order valence-electron chi connectivity index (χ4n) is 4.41. The van der Waals surface area contributed by atoms with Crippen molar-refractivity contribution in [2.24, 2.45) is 5.41 Å². The quantitative estimate of drug-likeness (QED) is 0.901. The Kier molecular flexibility index (Phi) is 5.26. The van der Waals surface area contributed by atoms with E-state index in [1.54, 1.807) is 0 Å². The maximum atomic E-state index is 11.6. The minimum Gasteiger partial charge on any atom is -0.480 e. The number of carboxylic acid groups (broad SMARTS) is 1. The number of aryl methyl sites for hydroxylation is 1.